The maximum Gasteiger partial charge on any atom is 0.245 e. The van der Waals surface area contributed by atoms with Crippen LogP contribution in [0, 0.1) is 0 Å². The van der Waals surface area contributed by atoms with E-state index < -0.39 is 24.0 Å². The molecule has 164 valence electrons. The summed E-state index contributed by atoms with van der Waals surface area (Å²) < 4.78 is 0. The first-order valence-corrected chi connectivity index (χ1v) is 10.1. The first-order valence-electron chi connectivity index (χ1n) is 10.1. The molecule has 2 aliphatic heterocycles. The molecule has 2 amide bonds. The van der Waals surface area contributed by atoms with Gasteiger partial charge in [0.2, 0.25) is 11.8 Å². The number of aliphatic hydroxyl groups excluding tert-OH is 1. The van der Waals surface area contributed by atoms with Gasteiger partial charge in [-0.25, -0.2) is 0 Å². The van der Waals surface area contributed by atoms with E-state index in [1.807, 2.05) is 43.3 Å². The van der Waals surface area contributed by atoms with Crippen LogP contribution in [-0.4, -0.2) is 29.1 Å². The number of aliphatic hydroxyl groups is 1. The minimum Gasteiger partial charge on any atom is -0.554 e. The largest absolute Gasteiger partial charge is 0.554 e. The molecular formula is C24H23N5O3-2. The van der Waals surface area contributed by atoms with E-state index in [0.29, 0.717) is 22.5 Å². The summed E-state index contributed by atoms with van der Waals surface area (Å²) in [4.78, 5) is 25.5. The van der Waals surface area contributed by atoms with Crippen LogP contribution < -0.4 is 15.3 Å². The Morgan fingerprint density at radius 2 is 1.59 bits per heavy atom. The fourth-order valence-corrected chi connectivity index (χ4v) is 3.43. The van der Waals surface area contributed by atoms with Gasteiger partial charge in [-0.3, -0.25) is 9.59 Å². The molecule has 0 bridgehead atoms. The zero-order valence-corrected chi connectivity index (χ0v) is 17.8. The molecule has 0 spiro atoms. The summed E-state index contributed by atoms with van der Waals surface area (Å²) >= 11 is 0. The first kappa shape index (κ1) is 21.4. The molecule has 2 N–H and O–H groups in total. The summed E-state index contributed by atoms with van der Waals surface area (Å²) in [5.41, 5.74) is 11.1. The third kappa shape index (κ3) is 4.01. The summed E-state index contributed by atoms with van der Waals surface area (Å²) in [6.45, 7) is 7.04. The van der Waals surface area contributed by atoms with Gasteiger partial charge in [-0.1, -0.05) is 55.9 Å². The van der Waals surface area contributed by atoms with Crippen LogP contribution >= 0.6 is 0 Å². The Bertz CT molecular complexity index is 1110. The molecule has 4 rings (SSSR count). The molecule has 8 heteroatoms. The molecule has 2 atom stereocenters. The van der Waals surface area contributed by atoms with Gasteiger partial charge in [-0.2, -0.15) is 0 Å². The summed E-state index contributed by atoms with van der Waals surface area (Å²) in [5.74, 6) is -0.887. The van der Waals surface area contributed by atoms with E-state index >= 15 is 0 Å². The third-order valence-electron chi connectivity index (χ3n) is 5.13. The smallest absolute Gasteiger partial charge is 0.245 e. The Labute approximate surface area is 186 Å². The number of para-hydroxylation sites is 2. The van der Waals surface area contributed by atoms with E-state index in [9.17, 15) is 14.7 Å². The van der Waals surface area contributed by atoms with E-state index in [-0.39, 0.29) is 11.5 Å². The topological polar surface area (TPSA) is 101 Å². The number of carbonyl (C=O) groups excluding carboxylic acids is 2. The lowest BCUT2D eigenvalue weighted by Crippen LogP contribution is -2.34. The van der Waals surface area contributed by atoms with Crippen molar-refractivity contribution in [3.63, 3.8) is 0 Å². The molecule has 0 aromatic heterocycles. The highest BCUT2D eigenvalue weighted by Gasteiger charge is 2.29. The van der Waals surface area contributed by atoms with Crippen LogP contribution in [0.15, 0.2) is 95.9 Å². The van der Waals surface area contributed by atoms with Crippen molar-refractivity contribution < 1.29 is 14.7 Å². The highest BCUT2D eigenvalue weighted by Crippen LogP contribution is 2.38. The molecule has 1 fully saturated rings. The van der Waals surface area contributed by atoms with Crippen LogP contribution in [0.3, 0.4) is 0 Å². The molecule has 2 aromatic rings. The third-order valence-corrected chi connectivity index (χ3v) is 5.13. The van der Waals surface area contributed by atoms with Gasteiger partial charge < -0.3 is 31.3 Å². The highest BCUT2D eigenvalue weighted by molar-refractivity contribution is 6.12. The number of nitrogens with one attached hydrogen (secondary N) is 1. The SMILES string of the molecule is C=C(C)C(=O)NC1[N-]N(c2ccccc2)C(=O)/C1=C\C1=C(O)N(c2ccccc2)[N-]C1C. The number of rotatable bonds is 5. The molecular weight excluding hydrogens is 406 g/mol. The lowest BCUT2D eigenvalue weighted by molar-refractivity contribution is -0.117. The standard InChI is InChI=1S/C24H23N5O3/c1-15(2)22(30)25-21-20(24(32)29(27-21)18-12-8-5-9-13-18)14-19-16(3)26-28(23(19)31)17-10-6-4-7-11-17/h4-14,16,21,31H,1H2,2-3H3,(H,25,30)/q-2/b20-14-. The average Bonchev–Trinajstić information content (AvgIpc) is 3.26. The number of hydrogen-bond acceptors (Lipinski definition) is 4. The van der Waals surface area contributed by atoms with Gasteiger partial charge in [-0.05, 0) is 49.0 Å². The number of amides is 2. The van der Waals surface area contributed by atoms with Crippen molar-refractivity contribution in [2.24, 2.45) is 0 Å². The van der Waals surface area contributed by atoms with E-state index in [1.165, 1.54) is 10.0 Å². The molecule has 8 nitrogen and oxygen atoms in total. The fraction of sp³-hybridized carbons (Fsp3) is 0.167. The zero-order valence-electron chi connectivity index (χ0n) is 17.8. The Morgan fingerprint density at radius 1 is 1.03 bits per heavy atom. The maximum atomic E-state index is 13.3. The lowest BCUT2D eigenvalue weighted by atomic mass is 10.0. The van der Waals surface area contributed by atoms with Gasteiger partial charge >= 0.3 is 0 Å². The van der Waals surface area contributed by atoms with Gasteiger partial charge in [0.25, 0.3) is 0 Å². The van der Waals surface area contributed by atoms with Crippen LogP contribution in [0.4, 0.5) is 11.4 Å². The number of carbonyl (C=O) groups is 2. The minimum absolute atomic E-state index is 0.0767. The first-order chi connectivity index (χ1) is 15.4. The Balaban J connectivity index is 1.72. The summed E-state index contributed by atoms with van der Waals surface area (Å²) in [6.07, 6.45) is 0.634. The second-order valence-electron chi connectivity index (χ2n) is 7.54. The molecule has 32 heavy (non-hydrogen) atoms. The minimum atomic E-state index is -0.926. The molecule has 2 heterocycles. The van der Waals surface area contributed by atoms with Crippen molar-refractivity contribution in [1.82, 2.24) is 5.32 Å². The molecule has 2 aliphatic rings. The van der Waals surface area contributed by atoms with Gasteiger partial charge in [0.05, 0.1) is 0 Å². The van der Waals surface area contributed by atoms with Crippen LogP contribution in [0.1, 0.15) is 13.8 Å². The van der Waals surface area contributed by atoms with E-state index in [1.54, 1.807) is 37.3 Å². The quantitative estimate of drug-likeness (QED) is 0.695. The molecule has 0 saturated carbocycles. The second-order valence-corrected chi connectivity index (χ2v) is 7.54. The van der Waals surface area contributed by atoms with Crippen molar-refractivity contribution in [1.29, 1.82) is 0 Å². The summed E-state index contributed by atoms with van der Waals surface area (Å²) in [6, 6.07) is 17.8. The number of hydrogen-bond donors (Lipinski definition) is 2. The van der Waals surface area contributed by atoms with Crippen molar-refractivity contribution >= 4 is 23.2 Å². The Kier molecular flexibility index (Phi) is 5.81. The van der Waals surface area contributed by atoms with Crippen LogP contribution in [0.25, 0.3) is 10.9 Å². The van der Waals surface area contributed by atoms with Crippen molar-refractivity contribution in [2.45, 2.75) is 26.1 Å². The molecule has 0 aliphatic carbocycles. The predicted octanol–water partition coefficient (Wildman–Crippen LogP) is 4.23. The van der Waals surface area contributed by atoms with Crippen LogP contribution in [-0.2, 0) is 9.59 Å². The molecule has 2 unspecified atom stereocenters. The molecule has 2 aromatic carbocycles. The van der Waals surface area contributed by atoms with Gasteiger partial charge in [-0.15, -0.1) is 0 Å². The average molecular weight is 429 g/mol. The highest BCUT2D eigenvalue weighted by atomic mass is 16.3. The number of benzene rings is 2. The van der Waals surface area contributed by atoms with Crippen LogP contribution in [0.5, 0.6) is 0 Å². The molecule has 0 radical (unpaired) electrons. The normalized spacial score (nSPS) is 22.1. The predicted molar refractivity (Wildman–Crippen MR) is 124 cm³/mol. The number of anilines is 2. The maximum absolute atomic E-state index is 13.3. The van der Waals surface area contributed by atoms with Crippen LogP contribution in [0.2, 0.25) is 0 Å². The summed E-state index contributed by atoms with van der Waals surface area (Å²) in [5, 5.41) is 16.3. The van der Waals surface area contributed by atoms with Gasteiger partial charge in [0.1, 0.15) is 0 Å². The second kappa shape index (κ2) is 8.70. The van der Waals surface area contributed by atoms with Crippen molar-refractivity contribution in [3.05, 3.63) is 107 Å². The Morgan fingerprint density at radius 3 is 2.16 bits per heavy atom. The van der Waals surface area contributed by atoms with Crippen molar-refractivity contribution in [2.75, 3.05) is 10.0 Å². The van der Waals surface area contributed by atoms with Crippen molar-refractivity contribution in [3.8, 4) is 0 Å². The summed E-state index contributed by atoms with van der Waals surface area (Å²) in [7, 11) is 0. The van der Waals surface area contributed by atoms with Gasteiger partial charge in [0.15, 0.2) is 5.88 Å². The molecule has 1 saturated heterocycles. The monoisotopic (exact) mass is 429 g/mol. The lowest BCUT2D eigenvalue weighted by Gasteiger charge is -2.34. The zero-order chi connectivity index (χ0) is 22.8. The Hall–Kier alpha value is -3.88. The number of nitrogens with zero attached hydrogens (tertiary/aromatic N) is 4. The fourth-order valence-electron chi connectivity index (χ4n) is 3.43. The van der Waals surface area contributed by atoms with Gasteiger partial charge in [0, 0.05) is 22.5 Å². The van der Waals surface area contributed by atoms with E-state index in [4.69, 9.17) is 0 Å². The van der Waals surface area contributed by atoms with E-state index in [0.717, 1.165) is 0 Å². The van der Waals surface area contributed by atoms with E-state index in [2.05, 4.69) is 22.7 Å².